The van der Waals surface area contributed by atoms with Crippen molar-refractivity contribution in [1.82, 2.24) is 15.2 Å². The summed E-state index contributed by atoms with van der Waals surface area (Å²) >= 11 is 1.12. The number of likely N-dealkylation sites (tertiary alicyclic amines) is 1. The molecule has 1 fully saturated rings. The highest BCUT2D eigenvalue weighted by Gasteiger charge is 2.26. The van der Waals surface area contributed by atoms with Crippen molar-refractivity contribution in [2.24, 2.45) is 5.92 Å². The molecule has 1 amide bonds. The molecule has 1 unspecified atom stereocenters. The number of carbonyl (C=O) groups is 2. The molecular weight excluding hydrogens is 266 g/mol. The first-order valence-electron chi connectivity index (χ1n) is 6.13. The van der Waals surface area contributed by atoms with Crippen LogP contribution in [0.1, 0.15) is 26.8 Å². The SMILES string of the molecule is Cc1nc(CNC(=O)C2CCN(C)C2)sc1C(=O)O. The number of aromatic nitrogens is 1. The molecule has 0 bridgehead atoms. The summed E-state index contributed by atoms with van der Waals surface area (Å²) in [6.07, 6.45) is 0.875. The molecule has 0 spiro atoms. The third kappa shape index (κ3) is 3.30. The van der Waals surface area contributed by atoms with Crippen LogP contribution in [0.5, 0.6) is 0 Å². The number of carboxylic acids is 1. The summed E-state index contributed by atoms with van der Waals surface area (Å²) in [7, 11) is 2.00. The van der Waals surface area contributed by atoms with Gasteiger partial charge < -0.3 is 15.3 Å². The number of carboxylic acid groups (broad SMARTS) is 1. The summed E-state index contributed by atoms with van der Waals surface area (Å²) in [5.74, 6) is -0.913. The third-order valence-electron chi connectivity index (χ3n) is 3.21. The lowest BCUT2D eigenvalue weighted by Crippen LogP contribution is -2.31. The Morgan fingerprint density at radius 1 is 1.58 bits per heavy atom. The van der Waals surface area contributed by atoms with Crippen molar-refractivity contribution in [1.29, 1.82) is 0 Å². The predicted molar refractivity (Wildman–Crippen MR) is 71.3 cm³/mol. The number of nitrogens with one attached hydrogen (secondary N) is 1. The number of thiazole rings is 1. The van der Waals surface area contributed by atoms with Crippen LogP contribution in [-0.4, -0.2) is 47.0 Å². The van der Waals surface area contributed by atoms with E-state index in [4.69, 9.17) is 5.11 Å². The van der Waals surface area contributed by atoms with E-state index in [9.17, 15) is 9.59 Å². The van der Waals surface area contributed by atoms with Crippen molar-refractivity contribution in [2.75, 3.05) is 20.1 Å². The van der Waals surface area contributed by atoms with Gasteiger partial charge >= 0.3 is 5.97 Å². The fourth-order valence-electron chi connectivity index (χ4n) is 2.18. The average molecular weight is 283 g/mol. The van der Waals surface area contributed by atoms with Gasteiger partial charge in [0.25, 0.3) is 0 Å². The monoisotopic (exact) mass is 283 g/mol. The fraction of sp³-hybridized carbons (Fsp3) is 0.583. The van der Waals surface area contributed by atoms with Gasteiger partial charge in [0.15, 0.2) is 0 Å². The van der Waals surface area contributed by atoms with Crippen molar-refractivity contribution < 1.29 is 14.7 Å². The van der Waals surface area contributed by atoms with Gasteiger partial charge in [0.2, 0.25) is 5.91 Å². The number of hydrogen-bond acceptors (Lipinski definition) is 5. The van der Waals surface area contributed by atoms with Crippen LogP contribution < -0.4 is 5.32 Å². The van der Waals surface area contributed by atoms with Crippen LogP contribution in [0.2, 0.25) is 0 Å². The second kappa shape index (κ2) is 5.66. The van der Waals surface area contributed by atoms with Crippen LogP contribution in [0.15, 0.2) is 0 Å². The first kappa shape index (κ1) is 14.0. The number of nitrogens with zero attached hydrogens (tertiary/aromatic N) is 2. The molecule has 2 heterocycles. The van der Waals surface area contributed by atoms with E-state index in [1.54, 1.807) is 6.92 Å². The predicted octanol–water partition coefficient (Wildman–Crippen LogP) is 0.718. The first-order chi connectivity index (χ1) is 8.97. The Hall–Kier alpha value is -1.47. The quantitative estimate of drug-likeness (QED) is 0.850. The van der Waals surface area contributed by atoms with Crippen molar-refractivity contribution in [3.05, 3.63) is 15.6 Å². The Morgan fingerprint density at radius 2 is 2.32 bits per heavy atom. The lowest BCUT2D eigenvalue weighted by atomic mass is 10.1. The molecule has 7 heteroatoms. The number of amides is 1. The molecule has 0 saturated carbocycles. The highest BCUT2D eigenvalue weighted by molar-refractivity contribution is 7.13. The van der Waals surface area contributed by atoms with Crippen molar-refractivity contribution in [3.63, 3.8) is 0 Å². The minimum absolute atomic E-state index is 0.0223. The number of carbonyl (C=O) groups excluding carboxylic acids is 1. The van der Waals surface area contributed by atoms with E-state index < -0.39 is 5.97 Å². The van der Waals surface area contributed by atoms with Gasteiger partial charge in [-0.15, -0.1) is 11.3 Å². The normalized spacial score (nSPS) is 19.6. The molecule has 1 aliphatic heterocycles. The Bertz CT molecular complexity index is 500. The molecule has 1 aliphatic rings. The van der Waals surface area contributed by atoms with E-state index in [1.807, 2.05) is 7.05 Å². The van der Waals surface area contributed by atoms with Gasteiger partial charge in [0.05, 0.1) is 18.2 Å². The zero-order valence-electron chi connectivity index (χ0n) is 11.0. The minimum atomic E-state index is -0.968. The zero-order valence-corrected chi connectivity index (χ0v) is 11.8. The topological polar surface area (TPSA) is 82.5 Å². The van der Waals surface area contributed by atoms with Crippen LogP contribution in [0.4, 0.5) is 0 Å². The highest BCUT2D eigenvalue weighted by atomic mass is 32.1. The maximum Gasteiger partial charge on any atom is 0.347 e. The molecule has 0 radical (unpaired) electrons. The lowest BCUT2D eigenvalue weighted by Gasteiger charge is -2.10. The fourth-order valence-corrected chi connectivity index (χ4v) is 3.03. The molecule has 6 nitrogen and oxygen atoms in total. The second-order valence-electron chi connectivity index (χ2n) is 4.79. The zero-order chi connectivity index (χ0) is 14.0. The molecular formula is C12H17N3O3S. The third-order valence-corrected chi connectivity index (χ3v) is 4.36. The van der Waals surface area contributed by atoms with E-state index in [0.717, 1.165) is 30.8 Å². The maximum atomic E-state index is 11.9. The van der Waals surface area contributed by atoms with E-state index in [2.05, 4.69) is 15.2 Å². The van der Waals surface area contributed by atoms with Gasteiger partial charge in [-0.2, -0.15) is 0 Å². The van der Waals surface area contributed by atoms with Gasteiger partial charge in [0.1, 0.15) is 9.88 Å². The number of aromatic carboxylic acids is 1. The maximum absolute atomic E-state index is 11.9. The van der Waals surface area contributed by atoms with E-state index in [0.29, 0.717) is 17.2 Å². The van der Waals surface area contributed by atoms with Crippen molar-refractivity contribution in [2.45, 2.75) is 19.9 Å². The van der Waals surface area contributed by atoms with Crippen LogP contribution >= 0.6 is 11.3 Å². The summed E-state index contributed by atoms with van der Waals surface area (Å²) in [5.41, 5.74) is 0.502. The van der Waals surface area contributed by atoms with Crippen LogP contribution in [0.25, 0.3) is 0 Å². The standard InChI is InChI=1S/C12H17N3O3S/c1-7-10(12(17)18)19-9(14-7)5-13-11(16)8-3-4-15(2)6-8/h8H,3-6H2,1-2H3,(H,13,16)(H,17,18). The number of aryl methyl sites for hydroxylation is 1. The van der Waals surface area contributed by atoms with Crippen LogP contribution in [0.3, 0.4) is 0 Å². The van der Waals surface area contributed by atoms with E-state index >= 15 is 0 Å². The molecule has 2 rings (SSSR count). The first-order valence-corrected chi connectivity index (χ1v) is 6.95. The molecule has 0 aromatic carbocycles. The molecule has 1 aromatic heterocycles. The second-order valence-corrected chi connectivity index (χ2v) is 5.88. The molecule has 19 heavy (non-hydrogen) atoms. The van der Waals surface area contributed by atoms with Crippen molar-refractivity contribution >= 4 is 23.2 Å². The molecule has 0 aliphatic carbocycles. The summed E-state index contributed by atoms with van der Waals surface area (Å²) in [6.45, 7) is 3.69. The van der Waals surface area contributed by atoms with Gasteiger partial charge in [-0.25, -0.2) is 9.78 Å². The van der Waals surface area contributed by atoms with Crippen molar-refractivity contribution in [3.8, 4) is 0 Å². The Kier molecular flexibility index (Phi) is 4.16. The van der Waals surface area contributed by atoms with Crippen LogP contribution in [0, 0.1) is 12.8 Å². The Morgan fingerprint density at radius 3 is 2.84 bits per heavy atom. The molecule has 104 valence electrons. The van der Waals surface area contributed by atoms with Gasteiger partial charge in [-0.1, -0.05) is 0 Å². The highest BCUT2D eigenvalue weighted by Crippen LogP contribution is 2.18. The Labute approximate surface area is 115 Å². The number of hydrogen-bond donors (Lipinski definition) is 2. The van der Waals surface area contributed by atoms with Crippen LogP contribution in [-0.2, 0) is 11.3 Å². The molecule has 1 atom stereocenters. The summed E-state index contributed by atoms with van der Waals surface area (Å²) in [5, 5.41) is 12.4. The summed E-state index contributed by atoms with van der Waals surface area (Å²) < 4.78 is 0. The lowest BCUT2D eigenvalue weighted by molar-refractivity contribution is -0.124. The average Bonchev–Trinajstić information content (AvgIpc) is 2.92. The summed E-state index contributed by atoms with van der Waals surface area (Å²) in [6, 6.07) is 0. The minimum Gasteiger partial charge on any atom is -0.477 e. The van der Waals surface area contributed by atoms with Gasteiger partial charge in [0, 0.05) is 6.54 Å². The van der Waals surface area contributed by atoms with Gasteiger partial charge in [-0.3, -0.25) is 4.79 Å². The molecule has 1 aromatic rings. The number of rotatable bonds is 4. The largest absolute Gasteiger partial charge is 0.477 e. The van der Waals surface area contributed by atoms with E-state index in [1.165, 1.54) is 0 Å². The van der Waals surface area contributed by atoms with E-state index in [-0.39, 0.29) is 16.7 Å². The molecule has 2 N–H and O–H groups in total. The smallest absolute Gasteiger partial charge is 0.347 e. The molecule has 1 saturated heterocycles. The van der Waals surface area contributed by atoms with Gasteiger partial charge in [-0.05, 0) is 26.9 Å². The Balaban J connectivity index is 1.90. The summed E-state index contributed by atoms with van der Waals surface area (Å²) in [4.78, 5) is 29.3.